The molecule has 3 aromatic rings. The lowest BCUT2D eigenvalue weighted by Gasteiger charge is -2.30. The topological polar surface area (TPSA) is 64.4 Å². The zero-order chi connectivity index (χ0) is 26.1. The summed E-state index contributed by atoms with van der Waals surface area (Å²) < 4.78 is 47.2. The molecule has 2 heterocycles. The van der Waals surface area contributed by atoms with Crippen molar-refractivity contribution in [3.63, 3.8) is 0 Å². The highest BCUT2D eigenvalue weighted by atomic mass is 32.2. The maximum atomic E-state index is 13.8. The van der Waals surface area contributed by atoms with Crippen molar-refractivity contribution < 1.29 is 17.5 Å². The smallest absolute Gasteiger partial charge is 0.211 e. The molecule has 8 heteroatoms. The van der Waals surface area contributed by atoms with Gasteiger partial charge in [0.05, 0.1) is 18.1 Å². The van der Waals surface area contributed by atoms with Crippen molar-refractivity contribution in [3.8, 4) is 5.69 Å². The van der Waals surface area contributed by atoms with Crippen LogP contribution in [0.25, 0.3) is 5.69 Å². The van der Waals surface area contributed by atoms with Crippen molar-refractivity contribution >= 4 is 10.0 Å². The number of rotatable bonds is 8. The third-order valence-corrected chi connectivity index (χ3v) is 8.63. The number of imidazole rings is 1. The third kappa shape index (κ3) is 5.56. The van der Waals surface area contributed by atoms with Crippen molar-refractivity contribution in [2.45, 2.75) is 65.1 Å². The molecule has 6 nitrogen and oxygen atoms in total. The first-order chi connectivity index (χ1) is 17.0. The molecule has 4 rings (SSSR count). The first kappa shape index (κ1) is 26.5. The normalized spacial score (nSPS) is 15.9. The maximum absolute atomic E-state index is 13.8. The van der Waals surface area contributed by atoms with Gasteiger partial charge in [-0.15, -0.1) is 0 Å². The second kappa shape index (κ2) is 10.4. The van der Waals surface area contributed by atoms with E-state index in [-0.39, 0.29) is 23.9 Å². The van der Waals surface area contributed by atoms with Gasteiger partial charge in [-0.1, -0.05) is 39.0 Å². The zero-order valence-electron chi connectivity index (χ0n) is 21.8. The SMILES string of the molecule is CCc1ccc(C(C)(C)c2cnc(COC3CCN(S(C)(=O)=O)CC3)n2-c2ccc(F)cc2)cc1C. The molecule has 0 atom stereocenters. The maximum Gasteiger partial charge on any atom is 0.211 e. The van der Waals surface area contributed by atoms with Gasteiger partial charge < -0.3 is 4.74 Å². The first-order valence-electron chi connectivity index (χ1n) is 12.5. The molecule has 1 fully saturated rings. The molecule has 0 unspecified atom stereocenters. The van der Waals surface area contributed by atoms with Gasteiger partial charge >= 0.3 is 0 Å². The summed E-state index contributed by atoms with van der Waals surface area (Å²) in [6.07, 6.45) is 5.37. The zero-order valence-corrected chi connectivity index (χ0v) is 22.6. The summed E-state index contributed by atoms with van der Waals surface area (Å²) in [4.78, 5) is 4.74. The van der Waals surface area contributed by atoms with Crippen LogP contribution in [0.3, 0.4) is 0 Å². The number of sulfonamides is 1. The summed E-state index contributed by atoms with van der Waals surface area (Å²) in [6, 6.07) is 13.0. The van der Waals surface area contributed by atoms with Gasteiger partial charge in [0.25, 0.3) is 0 Å². The Kier molecular flexibility index (Phi) is 7.69. The van der Waals surface area contributed by atoms with Crippen LogP contribution in [0.5, 0.6) is 0 Å². The van der Waals surface area contributed by atoms with E-state index in [0.29, 0.717) is 25.9 Å². The Morgan fingerprint density at radius 1 is 1.11 bits per heavy atom. The molecule has 0 spiro atoms. The monoisotopic (exact) mass is 513 g/mol. The second-order valence-electron chi connectivity index (χ2n) is 10.2. The van der Waals surface area contributed by atoms with E-state index in [4.69, 9.17) is 9.72 Å². The van der Waals surface area contributed by atoms with Crippen molar-refractivity contribution in [2.75, 3.05) is 19.3 Å². The highest BCUT2D eigenvalue weighted by Crippen LogP contribution is 2.35. The van der Waals surface area contributed by atoms with Gasteiger partial charge in [-0.3, -0.25) is 4.57 Å². The lowest BCUT2D eigenvalue weighted by Crippen LogP contribution is -2.40. The van der Waals surface area contributed by atoms with E-state index >= 15 is 0 Å². The summed E-state index contributed by atoms with van der Waals surface area (Å²) in [7, 11) is -3.18. The molecule has 2 aromatic carbocycles. The average Bonchev–Trinajstić information content (AvgIpc) is 3.27. The fourth-order valence-corrected chi connectivity index (χ4v) is 5.84. The fraction of sp³-hybridized carbons (Fsp3) is 0.464. The third-order valence-electron chi connectivity index (χ3n) is 7.32. The van der Waals surface area contributed by atoms with Gasteiger partial charge in [0.1, 0.15) is 18.2 Å². The predicted molar refractivity (Wildman–Crippen MR) is 140 cm³/mol. The van der Waals surface area contributed by atoms with E-state index in [0.717, 1.165) is 23.6 Å². The van der Waals surface area contributed by atoms with Crippen LogP contribution in [0, 0.1) is 12.7 Å². The average molecular weight is 514 g/mol. The minimum Gasteiger partial charge on any atom is -0.370 e. The van der Waals surface area contributed by atoms with Gasteiger partial charge in [-0.2, -0.15) is 0 Å². The number of aryl methyl sites for hydroxylation is 2. The molecular weight excluding hydrogens is 477 g/mol. The molecule has 1 aliphatic heterocycles. The van der Waals surface area contributed by atoms with Crippen molar-refractivity contribution in [1.82, 2.24) is 13.9 Å². The quantitative estimate of drug-likeness (QED) is 0.418. The van der Waals surface area contributed by atoms with E-state index in [1.165, 1.54) is 39.4 Å². The number of nitrogens with zero attached hydrogens (tertiary/aromatic N) is 3. The van der Waals surface area contributed by atoms with Crippen molar-refractivity contribution in [1.29, 1.82) is 0 Å². The lowest BCUT2D eigenvalue weighted by atomic mass is 9.80. The highest BCUT2D eigenvalue weighted by Gasteiger charge is 2.31. The molecule has 0 saturated carbocycles. The Labute approximate surface area is 214 Å². The van der Waals surface area contributed by atoms with Crippen molar-refractivity contribution in [3.05, 3.63) is 82.7 Å². The lowest BCUT2D eigenvalue weighted by molar-refractivity contribution is 0.00661. The first-order valence-corrected chi connectivity index (χ1v) is 14.3. The molecule has 194 valence electrons. The molecule has 0 bridgehead atoms. The van der Waals surface area contributed by atoms with Crippen LogP contribution in [0.4, 0.5) is 4.39 Å². The number of aromatic nitrogens is 2. The standard InChI is InChI=1S/C28H36FN3O3S/c1-6-21-7-8-22(17-20(21)2)28(3,4)26-18-30-27(32(26)24-11-9-23(29)10-12-24)19-35-25-13-15-31(16-14-25)36(5,33)34/h7-12,17-18,25H,6,13-16,19H2,1-5H3. The second-order valence-corrected chi connectivity index (χ2v) is 12.1. The van der Waals surface area contributed by atoms with Crippen LogP contribution in [0.15, 0.2) is 48.7 Å². The Morgan fingerprint density at radius 3 is 2.36 bits per heavy atom. The minimum absolute atomic E-state index is 0.0398. The number of halogens is 1. The van der Waals surface area contributed by atoms with Crippen LogP contribution >= 0.6 is 0 Å². The number of hydrogen-bond donors (Lipinski definition) is 0. The molecular formula is C28H36FN3O3S. The molecule has 36 heavy (non-hydrogen) atoms. The van der Waals surface area contributed by atoms with Crippen LogP contribution in [-0.2, 0) is 33.2 Å². The van der Waals surface area contributed by atoms with Gasteiger partial charge in [-0.25, -0.2) is 22.1 Å². The predicted octanol–water partition coefficient (Wildman–Crippen LogP) is 5.15. The van der Waals surface area contributed by atoms with Gasteiger partial charge in [-0.05, 0) is 67.1 Å². The summed E-state index contributed by atoms with van der Waals surface area (Å²) in [5.74, 6) is 0.443. The van der Waals surface area contributed by atoms with Crippen LogP contribution in [-0.4, -0.2) is 47.7 Å². The Morgan fingerprint density at radius 2 is 1.78 bits per heavy atom. The van der Waals surface area contributed by atoms with E-state index in [2.05, 4.69) is 50.5 Å². The Hall–Kier alpha value is -2.55. The Balaban J connectivity index is 1.64. The molecule has 0 N–H and O–H groups in total. The van der Waals surface area contributed by atoms with Gasteiger partial charge in [0.15, 0.2) is 0 Å². The number of benzene rings is 2. The van der Waals surface area contributed by atoms with Gasteiger partial charge in [0, 0.05) is 30.4 Å². The van der Waals surface area contributed by atoms with Crippen molar-refractivity contribution in [2.24, 2.45) is 0 Å². The highest BCUT2D eigenvalue weighted by molar-refractivity contribution is 7.88. The summed E-state index contributed by atoms with van der Waals surface area (Å²) in [5, 5.41) is 0. The van der Waals surface area contributed by atoms with E-state index in [1.54, 1.807) is 12.1 Å². The molecule has 0 aliphatic carbocycles. The molecule has 0 amide bonds. The fourth-order valence-electron chi connectivity index (χ4n) is 4.96. The molecule has 0 radical (unpaired) electrons. The van der Waals surface area contributed by atoms with Crippen LogP contribution in [0.1, 0.15) is 61.8 Å². The largest absolute Gasteiger partial charge is 0.370 e. The number of piperidine rings is 1. The molecule has 1 aromatic heterocycles. The van der Waals surface area contributed by atoms with E-state index in [1.807, 2.05) is 6.20 Å². The number of hydrogen-bond acceptors (Lipinski definition) is 4. The van der Waals surface area contributed by atoms with E-state index < -0.39 is 10.0 Å². The summed E-state index contributed by atoms with van der Waals surface area (Å²) >= 11 is 0. The van der Waals surface area contributed by atoms with Gasteiger partial charge in [0.2, 0.25) is 10.0 Å². The summed E-state index contributed by atoms with van der Waals surface area (Å²) in [5.41, 5.74) is 5.23. The molecule has 1 aliphatic rings. The Bertz CT molecular complexity index is 1310. The van der Waals surface area contributed by atoms with E-state index in [9.17, 15) is 12.8 Å². The minimum atomic E-state index is -3.18. The van der Waals surface area contributed by atoms with Crippen LogP contribution in [0.2, 0.25) is 0 Å². The van der Waals surface area contributed by atoms with Crippen LogP contribution < -0.4 is 0 Å². The number of ether oxygens (including phenoxy) is 1. The molecule has 1 saturated heterocycles. The summed E-state index contributed by atoms with van der Waals surface area (Å²) in [6.45, 7) is 9.86.